The van der Waals surface area contributed by atoms with E-state index in [1.807, 2.05) is 4.90 Å². The van der Waals surface area contributed by atoms with E-state index >= 15 is 0 Å². The van der Waals surface area contributed by atoms with E-state index in [9.17, 15) is 14.0 Å². The molecule has 146 valence electrons. The predicted octanol–water partition coefficient (Wildman–Crippen LogP) is 3.25. The summed E-state index contributed by atoms with van der Waals surface area (Å²) < 4.78 is 14.5. The number of aromatic nitrogens is 2. The van der Waals surface area contributed by atoms with Crippen molar-refractivity contribution >= 4 is 40.7 Å². The van der Waals surface area contributed by atoms with Gasteiger partial charge in [0.15, 0.2) is 5.69 Å². The van der Waals surface area contributed by atoms with Crippen LogP contribution in [0.5, 0.6) is 0 Å². The second-order valence-electron chi connectivity index (χ2n) is 6.83. The van der Waals surface area contributed by atoms with Crippen molar-refractivity contribution in [2.24, 2.45) is 0 Å². The number of benzene rings is 1. The Morgan fingerprint density at radius 1 is 1.18 bits per heavy atom. The Morgan fingerprint density at radius 2 is 1.96 bits per heavy atom. The zero-order valence-electron chi connectivity index (χ0n) is 15.1. The van der Waals surface area contributed by atoms with E-state index < -0.39 is 11.7 Å². The quantitative estimate of drug-likeness (QED) is 0.847. The monoisotopic (exact) mass is 403 g/mol. The zero-order valence-corrected chi connectivity index (χ0v) is 15.9. The minimum Gasteiger partial charge on any atom is -0.341 e. The Labute approximate surface area is 166 Å². The Morgan fingerprint density at radius 3 is 2.64 bits per heavy atom. The fraction of sp³-hybridized carbons (Fsp3) is 0.368. The largest absolute Gasteiger partial charge is 0.341 e. The van der Waals surface area contributed by atoms with Gasteiger partial charge in [-0.3, -0.25) is 9.59 Å². The van der Waals surface area contributed by atoms with Gasteiger partial charge in [-0.15, -0.1) is 0 Å². The highest BCUT2D eigenvalue weighted by atomic mass is 35.5. The van der Waals surface area contributed by atoms with E-state index in [1.54, 1.807) is 6.07 Å². The molecule has 1 N–H and O–H groups in total. The molecule has 2 aliphatic rings. The van der Waals surface area contributed by atoms with Crippen molar-refractivity contribution in [1.29, 1.82) is 0 Å². The van der Waals surface area contributed by atoms with E-state index in [0.717, 1.165) is 25.9 Å². The van der Waals surface area contributed by atoms with Gasteiger partial charge in [-0.2, -0.15) is 0 Å². The maximum absolute atomic E-state index is 14.5. The van der Waals surface area contributed by atoms with Crippen molar-refractivity contribution in [2.45, 2.75) is 25.7 Å². The van der Waals surface area contributed by atoms with Gasteiger partial charge in [-0.1, -0.05) is 11.6 Å². The van der Waals surface area contributed by atoms with Crippen molar-refractivity contribution in [3.63, 3.8) is 0 Å². The molecule has 1 aromatic heterocycles. The molecule has 2 saturated heterocycles. The summed E-state index contributed by atoms with van der Waals surface area (Å²) in [6.07, 6.45) is 4.64. The van der Waals surface area contributed by atoms with E-state index in [2.05, 4.69) is 15.3 Å². The first-order valence-electron chi connectivity index (χ1n) is 9.21. The summed E-state index contributed by atoms with van der Waals surface area (Å²) in [6, 6.07) is 4.24. The van der Waals surface area contributed by atoms with Gasteiger partial charge in [0.05, 0.1) is 16.9 Å². The minimum absolute atomic E-state index is 0.0396. The van der Waals surface area contributed by atoms with E-state index in [4.69, 9.17) is 11.6 Å². The average Bonchev–Trinajstić information content (AvgIpc) is 3.34. The van der Waals surface area contributed by atoms with Crippen molar-refractivity contribution in [1.82, 2.24) is 9.97 Å². The maximum atomic E-state index is 14.5. The van der Waals surface area contributed by atoms with E-state index in [-0.39, 0.29) is 28.0 Å². The molecule has 28 heavy (non-hydrogen) atoms. The molecule has 0 atom stereocenters. The molecule has 0 spiro atoms. The highest BCUT2D eigenvalue weighted by Gasteiger charge is 2.25. The molecule has 0 saturated carbocycles. The molecule has 7 nitrogen and oxygen atoms in total. The molecule has 0 bridgehead atoms. The Bertz CT molecular complexity index is 933. The predicted molar refractivity (Wildman–Crippen MR) is 104 cm³/mol. The van der Waals surface area contributed by atoms with Crippen molar-refractivity contribution in [3.05, 3.63) is 40.9 Å². The van der Waals surface area contributed by atoms with Crippen molar-refractivity contribution < 1.29 is 14.0 Å². The van der Waals surface area contributed by atoms with Gasteiger partial charge in [0.25, 0.3) is 5.91 Å². The molecule has 1 aromatic carbocycles. The number of nitrogens with one attached hydrogen (secondary N) is 1. The smallest absolute Gasteiger partial charge is 0.276 e. The topological polar surface area (TPSA) is 78.4 Å². The van der Waals surface area contributed by atoms with Gasteiger partial charge < -0.3 is 15.1 Å². The molecule has 2 aromatic rings. The third-order valence-electron chi connectivity index (χ3n) is 4.91. The molecule has 0 aliphatic carbocycles. The molecule has 0 radical (unpaired) electrons. The fourth-order valence-corrected chi connectivity index (χ4v) is 3.66. The van der Waals surface area contributed by atoms with Gasteiger partial charge in [0.1, 0.15) is 5.82 Å². The molecule has 9 heteroatoms. The highest BCUT2D eigenvalue weighted by molar-refractivity contribution is 6.34. The van der Waals surface area contributed by atoms with Crippen LogP contribution in [0.2, 0.25) is 5.02 Å². The molecule has 2 fully saturated rings. The molecule has 3 heterocycles. The average molecular weight is 404 g/mol. The summed E-state index contributed by atoms with van der Waals surface area (Å²) in [5, 5.41) is 2.74. The van der Waals surface area contributed by atoms with E-state index in [1.165, 1.54) is 23.2 Å². The van der Waals surface area contributed by atoms with Crippen LogP contribution in [-0.2, 0) is 4.79 Å². The number of nitrogens with zero attached hydrogens (tertiary/aromatic N) is 4. The number of halogens is 2. The standard InChI is InChI=1S/C19H19ClFN5O2/c20-13-11-22-19(25-7-1-2-8-25)24-17(13)18(28)23-12-5-6-15(14(21)10-12)26-9-3-4-16(26)27/h5-6,10-11H,1-4,7-9H2,(H,23,28). The van der Waals surface area contributed by atoms with Crippen LogP contribution in [0.15, 0.2) is 24.4 Å². The highest BCUT2D eigenvalue weighted by Crippen LogP contribution is 2.27. The van der Waals surface area contributed by atoms with Crippen LogP contribution in [0.4, 0.5) is 21.7 Å². The summed E-state index contributed by atoms with van der Waals surface area (Å²) in [7, 11) is 0. The lowest BCUT2D eigenvalue weighted by molar-refractivity contribution is -0.117. The molecule has 0 unspecified atom stereocenters. The molecular formula is C19H19ClFN5O2. The minimum atomic E-state index is -0.570. The number of hydrogen-bond acceptors (Lipinski definition) is 5. The summed E-state index contributed by atoms with van der Waals surface area (Å²) in [4.78, 5) is 36.3. The number of carbonyl (C=O) groups is 2. The first-order chi connectivity index (χ1) is 13.5. The Hall–Kier alpha value is -2.74. The lowest BCUT2D eigenvalue weighted by Crippen LogP contribution is -2.25. The van der Waals surface area contributed by atoms with Gasteiger partial charge in [-0.25, -0.2) is 14.4 Å². The number of amides is 2. The number of anilines is 3. The van der Waals surface area contributed by atoms with Crippen LogP contribution >= 0.6 is 11.6 Å². The second kappa shape index (κ2) is 7.71. The molecule has 2 aliphatic heterocycles. The SMILES string of the molecule is O=C(Nc1ccc(N2CCCC2=O)c(F)c1)c1nc(N2CCCC2)ncc1Cl. The van der Waals surface area contributed by atoms with Crippen LogP contribution in [0.3, 0.4) is 0 Å². The van der Waals surface area contributed by atoms with Crippen LogP contribution in [0, 0.1) is 5.82 Å². The maximum Gasteiger partial charge on any atom is 0.276 e. The van der Waals surface area contributed by atoms with Crippen molar-refractivity contribution in [3.8, 4) is 0 Å². The lowest BCUT2D eigenvalue weighted by atomic mass is 10.2. The van der Waals surface area contributed by atoms with Gasteiger partial charge in [0, 0.05) is 31.7 Å². The van der Waals surface area contributed by atoms with Gasteiger partial charge in [-0.05, 0) is 37.5 Å². The summed E-state index contributed by atoms with van der Waals surface area (Å²) in [5.74, 6) is -0.754. The second-order valence-corrected chi connectivity index (χ2v) is 7.24. The third-order valence-corrected chi connectivity index (χ3v) is 5.18. The fourth-order valence-electron chi connectivity index (χ4n) is 3.48. The normalized spacial score (nSPS) is 16.7. The molecule has 4 rings (SSSR count). The van der Waals surface area contributed by atoms with Gasteiger partial charge >= 0.3 is 0 Å². The van der Waals surface area contributed by atoms with Crippen LogP contribution in [0.1, 0.15) is 36.2 Å². The van der Waals surface area contributed by atoms with Crippen molar-refractivity contribution in [2.75, 3.05) is 34.8 Å². The third kappa shape index (κ3) is 3.64. The summed E-state index contributed by atoms with van der Waals surface area (Å²) >= 11 is 6.10. The van der Waals surface area contributed by atoms with E-state index in [0.29, 0.717) is 25.3 Å². The van der Waals surface area contributed by atoms with Gasteiger partial charge in [0.2, 0.25) is 11.9 Å². The first kappa shape index (κ1) is 18.6. The Balaban J connectivity index is 1.53. The summed E-state index contributed by atoms with van der Waals surface area (Å²) in [6.45, 7) is 2.17. The van der Waals surface area contributed by atoms with Crippen LogP contribution in [-0.4, -0.2) is 41.4 Å². The zero-order chi connectivity index (χ0) is 19.7. The number of carbonyl (C=O) groups excluding carboxylic acids is 2. The Kier molecular flexibility index (Phi) is 5.13. The first-order valence-corrected chi connectivity index (χ1v) is 9.59. The van der Waals surface area contributed by atoms with Crippen LogP contribution < -0.4 is 15.1 Å². The number of hydrogen-bond donors (Lipinski definition) is 1. The van der Waals surface area contributed by atoms with Crippen LogP contribution in [0.25, 0.3) is 0 Å². The summed E-state index contributed by atoms with van der Waals surface area (Å²) in [5.41, 5.74) is 0.518. The number of rotatable bonds is 4. The molecule has 2 amide bonds. The lowest BCUT2D eigenvalue weighted by Gasteiger charge is -2.17. The molecular weight excluding hydrogens is 385 g/mol.